The van der Waals surface area contributed by atoms with Crippen LogP contribution in [0.5, 0.6) is 0 Å². The molecule has 4 heteroatoms. The van der Waals surface area contributed by atoms with Gasteiger partial charge >= 0.3 is 0 Å². The van der Waals surface area contributed by atoms with Crippen LogP contribution in [0.1, 0.15) is 32.6 Å². The van der Waals surface area contributed by atoms with Gasteiger partial charge in [-0.2, -0.15) is 0 Å². The predicted octanol–water partition coefficient (Wildman–Crippen LogP) is 1.04. The van der Waals surface area contributed by atoms with Gasteiger partial charge in [0.1, 0.15) is 0 Å². The third-order valence-electron chi connectivity index (χ3n) is 3.13. The van der Waals surface area contributed by atoms with Crippen molar-refractivity contribution in [2.45, 2.75) is 50.6 Å². The Morgan fingerprint density at radius 1 is 1.33 bits per heavy atom. The van der Waals surface area contributed by atoms with Crippen LogP contribution in [0.2, 0.25) is 0 Å². The van der Waals surface area contributed by atoms with E-state index in [9.17, 15) is 0 Å². The summed E-state index contributed by atoms with van der Waals surface area (Å²) in [5.74, 6) is -0.480. The minimum atomic E-state index is -0.480. The molecule has 0 aromatic rings. The zero-order valence-corrected chi connectivity index (χ0v) is 9.41. The first kappa shape index (κ1) is 11.3. The Morgan fingerprint density at radius 2 is 2.20 bits per heavy atom. The topological polar surface area (TPSA) is 53.7 Å². The van der Waals surface area contributed by atoms with Crippen molar-refractivity contribution in [3.8, 4) is 0 Å². The Hall–Kier alpha value is -0.160. The number of nitrogens with two attached hydrogens (primary N) is 1. The van der Waals surface area contributed by atoms with Crippen LogP contribution in [-0.2, 0) is 14.2 Å². The summed E-state index contributed by atoms with van der Waals surface area (Å²) in [6.07, 6.45) is 4.72. The van der Waals surface area contributed by atoms with Crippen molar-refractivity contribution in [3.05, 3.63) is 0 Å². The number of hydrogen-bond acceptors (Lipinski definition) is 4. The maximum absolute atomic E-state index is 5.77. The van der Waals surface area contributed by atoms with Crippen LogP contribution in [0.25, 0.3) is 0 Å². The monoisotopic (exact) mass is 215 g/mol. The van der Waals surface area contributed by atoms with Crippen molar-refractivity contribution in [2.24, 2.45) is 5.73 Å². The fourth-order valence-corrected chi connectivity index (χ4v) is 2.29. The van der Waals surface area contributed by atoms with E-state index in [1.54, 1.807) is 0 Å². The first-order valence-electron chi connectivity index (χ1n) is 5.85. The molecular formula is C11H21NO3. The standard InChI is InChI=1S/C11H21NO3/c1-11(14-8-10(7-12)15-11)6-9-4-2-3-5-13-9/h9-10H,2-8,12H2,1H3. The van der Waals surface area contributed by atoms with Crippen LogP contribution < -0.4 is 5.73 Å². The smallest absolute Gasteiger partial charge is 0.168 e. The molecule has 0 aromatic heterocycles. The fourth-order valence-electron chi connectivity index (χ4n) is 2.29. The van der Waals surface area contributed by atoms with Gasteiger partial charge in [0, 0.05) is 19.6 Å². The largest absolute Gasteiger partial charge is 0.378 e. The van der Waals surface area contributed by atoms with E-state index < -0.39 is 5.79 Å². The van der Waals surface area contributed by atoms with Gasteiger partial charge in [0.15, 0.2) is 5.79 Å². The van der Waals surface area contributed by atoms with Gasteiger partial charge in [0.2, 0.25) is 0 Å². The molecule has 4 nitrogen and oxygen atoms in total. The lowest BCUT2D eigenvalue weighted by Gasteiger charge is -2.30. The molecule has 0 saturated carbocycles. The highest BCUT2D eigenvalue weighted by molar-refractivity contribution is 4.80. The molecule has 88 valence electrons. The highest BCUT2D eigenvalue weighted by Gasteiger charge is 2.39. The normalized spacial score (nSPS) is 42.0. The van der Waals surface area contributed by atoms with Gasteiger partial charge in [-0.25, -0.2) is 0 Å². The first-order chi connectivity index (χ1) is 7.22. The van der Waals surface area contributed by atoms with Crippen LogP contribution in [-0.4, -0.2) is 37.8 Å². The lowest BCUT2D eigenvalue weighted by Crippen LogP contribution is -2.35. The molecule has 3 atom stereocenters. The Labute approximate surface area is 91.1 Å². The van der Waals surface area contributed by atoms with Gasteiger partial charge in [-0.1, -0.05) is 0 Å². The zero-order chi connectivity index (χ0) is 10.7. The van der Waals surface area contributed by atoms with E-state index in [2.05, 4.69) is 0 Å². The molecule has 2 heterocycles. The molecule has 2 rings (SSSR count). The number of hydrogen-bond donors (Lipinski definition) is 1. The van der Waals surface area contributed by atoms with Crippen molar-refractivity contribution in [1.29, 1.82) is 0 Å². The molecule has 15 heavy (non-hydrogen) atoms. The average molecular weight is 215 g/mol. The predicted molar refractivity (Wildman–Crippen MR) is 56.5 cm³/mol. The average Bonchev–Trinajstić information content (AvgIpc) is 2.61. The molecule has 0 spiro atoms. The minimum Gasteiger partial charge on any atom is -0.378 e. The van der Waals surface area contributed by atoms with E-state index >= 15 is 0 Å². The van der Waals surface area contributed by atoms with E-state index in [0.717, 1.165) is 19.4 Å². The first-order valence-corrected chi connectivity index (χ1v) is 5.85. The van der Waals surface area contributed by atoms with Crippen LogP contribution in [0.4, 0.5) is 0 Å². The van der Waals surface area contributed by atoms with Crippen molar-refractivity contribution in [1.82, 2.24) is 0 Å². The highest BCUT2D eigenvalue weighted by Crippen LogP contribution is 2.31. The van der Waals surface area contributed by atoms with Gasteiger partial charge in [-0.05, 0) is 26.2 Å². The second kappa shape index (κ2) is 4.78. The second-order valence-corrected chi connectivity index (χ2v) is 4.61. The summed E-state index contributed by atoms with van der Waals surface area (Å²) in [5, 5.41) is 0. The van der Waals surface area contributed by atoms with Gasteiger partial charge in [0.25, 0.3) is 0 Å². The molecule has 0 bridgehead atoms. The van der Waals surface area contributed by atoms with Gasteiger partial charge in [0.05, 0.1) is 18.8 Å². The van der Waals surface area contributed by atoms with Crippen LogP contribution in [0.15, 0.2) is 0 Å². The van der Waals surface area contributed by atoms with Crippen molar-refractivity contribution < 1.29 is 14.2 Å². The summed E-state index contributed by atoms with van der Waals surface area (Å²) in [7, 11) is 0. The molecule has 2 saturated heterocycles. The Kier molecular flexibility index (Phi) is 3.61. The zero-order valence-electron chi connectivity index (χ0n) is 9.41. The van der Waals surface area contributed by atoms with E-state index in [1.165, 1.54) is 12.8 Å². The SMILES string of the molecule is CC1(CC2CCCCO2)OCC(CN)O1. The van der Waals surface area contributed by atoms with Crippen molar-refractivity contribution in [2.75, 3.05) is 19.8 Å². The molecule has 0 radical (unpaired) electrons. The molecular weight excluding hydrogens is 194 g/mol. The molecule has 0 aliphatic carbocycles. The molecule has 2 fully saturated rings. The Bertz CT molecular complexity index is 206. The summed E-state index contributed by atoms with van der Waals surface area (Å²) in [6.45, 7) is 4.00. The van der Waals surface area contributed by atoms with Crippen LogP contribution in [0, 0.1) is 0 Å². The summed E-state index contributed by atoms with van der Waals surface area (Å²) >= 11 is 0. The van der Waals surface area contributed by atoms with Crippen LogP contribution >= 0.6 is 0 Å². The second-order valence-electron chi connectivity index (χ2n) is 4.61. The maximum atomic E-state index is 5.77. The third kappa shape index (κ3) is 2.91. The lowest BCUT2D eigenvalue weighted by molar-refractivity contribution is -0.181. The summed E-state index contributed by atoms with van der Waals surface area (Å²) in [6, 6.07) is 0. The van der Waals surface area contributed by atoms with E-state index in [0.29, 0.717) is 19.3 Å². The minimum absolute atomic E-state index is 0.0543. The molecule has 0 aromatic carbocycles. The highest BCUT2D eigenvalue weighted by atomic mass is 16.7. The maximum Gasteiger partial charge on any atom is 0.168 e. The van der Waals surface area contributed by atoms with Crippen LogP contribution in [0.3, 0.4) is 0 Å². The summed E-state index contributed by atoms with van der Waals surface area (Å²) in [4.78, 5) is 0. The summed E-state index contributed by atoms with van der Waals surface area (Å²) in [5.41, 5.74) is 5.55. The van der Waals surface area contributed by atoms with Crippen molar-refractivity contribution >= 4 is 0 Å². The van der Waals surface area contributed by atoms with E-state index in [4.69, 9.17) is 19.9 Å². The van der Waals surface area contributed by atoms with Crippen molar-refractivity contribution in [3.63, 3.8) is 0 Å². The van der Waals surface area contributed by atoms with E-state index in [1.807, 2.05) is 6.92 Å². The summed E-state index contributed by atoms with van der Waals surface area (Å²) < 4.78 is 17.1. The van der Waals surface area contributed by atoms with Gasteiger partial charge in [-0.15, -0.1) is 0 Å². The van der Waals surface area contributed by atoms with Gasteiger partial charge < -0.3 is 19.9 Å². The fraction of sp³-hybridized carbons (Fsp3) is 1.00. The number of ether oxygens (including phenoxy) is 3. The molecule has 2 aliphatic rings. The molecule has 3 unspecified atom stereocenters. The van der Waals surface area contributed by atoms with Gasteiger partial charge in [-0.3, -0.25) is 0 Å². The quantitative estimate of drug-likeness (QED) is 0.764. The Morgan fingerprint density at radius 3 is 2.80 bits per heavy atom. The number of rotatable bonds is 3. The molecule has 2 aliphatic heterocycles. The Balaban J connectivity index is 1.82. The molecule has 0 amide bonds. The molecule has 2 N–H and O–H groups in total. The third-order valence-corrected chi connectivity index (χ3v) is 3.13. The van der Waals surface area contributed by atoms with E-state index in [-0.39, 0.29) is 6.10 Å². The lowest BCUT2D eigenvalue weighted by atomic mass is 10.0.